The molecule has 0 saturated heterocycles. The molecule has 3 nitrogen and oxygen atoms in total. The summed E-state index contributed by atoms with van der Waals surface area (Å²) in [5, 5.41) is 0.686. The van der Waals surface area contributed by atoms with E-state index in [-0.39, 0.29) is 12.6 Å². The van der Waals surface area contributed by atoms with Crippen LogP contribution >= 0.6 is 11.6 Å². The topological polar surface area (TPSA) is 35.5 Å². The summed E-state index contributed by atoms with van der Waals surface area (Å²) in [4.78, 5) is 11.8. The molecule has 0 bridgehead atoms. The standard InChI is InChI=1S/C23H19ClO3/c24-22-9-5-4-8-20(22)17-26-21-13-10-18(11-14-21)12-15-23(25)27-16-19-6-2-1-3-7-19/h1-15H,16-17H2/b15-12+. The molecule has 0 unspecified atom stereocenters. The van der Waals surface area contributed by atoms with E-state index in [0.29, 0.717) is 11.6 Å². The molecule has 0 aromatic heterocycles. The molecule has 4 heteroatoms. The van der Waals surface area contributed by atoms with Crippen LogP contribution in [0.2, 0.25) is 5.02 Å². The van der Waals surface area contributed by atoms with Crippen molar-refractivity contribution in [3.63, 3.8) is 0 Å². The van der Waals surface area contributed by atoms with Crippen molar-refractivity contribution in [3.8, 4) is 5.75 Å². The minimum atomic E-state index is -0.377. The van der Waals surface area contributed by atoms with E-state index in [1.165, 1.54) is 6.08 Å². The fourth-order valence-corrected chi connectivity index (χ4v) is 2.58. The first kappa shape index (κ1) is 18.7. The van der Waals surface area contributed by atoms with Crippen molar-refractivity contribution in [3.05, 3.63) is 107 Å². The van der Waals surface area contributed by atoms with Gasteiger partial charge < -0.3 is 9.47 Å². The van der Waals surface area contributed by atoms with Crippen molar-refractivity contribution in [2.45, 2.75) is 13.2 Å². The quantitative estimate of drug-likeness (QED) is 0.392. The number of ether oxygens (including phenoxy) is 2. The first-order valence-corrected chi connectivity index (χ1v) is 8.93. The molecule has 0 spiro atoms. The second-order valence-electron chi connectivity index (χ2n) is 5.88. The monoisotopic (exact) mass is 378 g/mol. The largest absolute Gasteiger partial charge is 0.489 e. The Balaban J connectivity index is 1.49. The van der Waals surface area contributed by atoms with E-state index in [1.54, 1.807) is 6.08 Å². The van der Waals surface area contributed by atoms with Gasteiger partial charge in [-0.25, -0.2) is 4.79 Å². The van der Waals surface area contributed by atoms with Crippen molar-refractivity contribution >= 4 is 23.6 Å². The second-order valence-corrected chi connectivity index (χ2v) is 6.28. The third-order valence-electron chi connectivity index (χ3n) is 3.87. The average molecular weight is 379 g/mol. The van der Waals surface area contributed by atoms with Gasteiger partial charge >= 0.3 is 5.97 Å². The summed E-state index contributed by atoms with van der Waals surface area (Å²) in [6.45, 7) is 0.666. The molecule has 0 atom stereocenters. The normalized spacial score (nSPS) is 10.7. The SMILES string of the molecule is O=C(/C=C/c1ccc(OCc2ccccc2Cl)cc1)OCc1ccccc1. The van der Waals surface area contributed by atoms with Crippen LogP contribution in [0, 0.1) is 0 Å². The maximum absolute atomic E-state index is 11.8. The minimum absolute atomic E-state index is 0.263. The van der Waals surface area contributed by atoms with Gasteiger partial charge in [-0.2, -0.15) is 0 Å². The fraction of sp³-hybridized carbons (Fsp3) is 0.0870. The van der Waals surface area contributed by atoms with Crippen molar-refractivity contribution in [2.24, 2.45) is 0 Å². The van der Waals surface area contributed by atoms with Crippen LogP contribution in [0.15, 0.2) is 84.9 Å². The molecule has 3 aromatic carbocycles. The molecule has 27 heavy (non-hydrogen) atoms. The smallest absolute Gasteiger partial charge is 0.331 e. The van der Waals surface area contributed by atoms with Crippen LogP contribution in [0.5, 0.6) is 5.75 Å². The van der Waals surface area contributed by atoms with Crippen LogP contribution in [0.4, 0.5) is 0 Å². The van der Waals surface area contributed by atoms with E-state index >= 15 is 0 Å². The Bertz CT molecular complexity index is 902. The molecule has 0 fully saturated rings. The molecule has 0 heterocycles. The molecule has 136 valence electrons. The number of rotatable bonds is 7. The highest BCUT2D eigenvalue weighted by atomic mass is 35.5. The van der Waals surface area contributed by atoms with E-state index in [4.69, 9.17) is 21.1 Å². The highest BCUT2D eigenvalue weighted by Crippen LogP contribution is 2.19. The van der Waals surface area contributed by atoms with Gasteiger partial charge in [0.1, 0.15) is 19.0 Å². The Morgan fingerprint density at radius 3 is 2.30 bits per heavy atom. The summed E-state index contributed by atoms with van der Waals surface area (Å²) in [6.07, 6.45) is 3.13. The van der Waals surface area contributed by atoms with Gasteiger partial charge in [0.2, 0.25) is 0 Å². The lowest BCUT2D eigenvalue weighted by atomic mass is 10.2. The summed E-state index contributed by atoms with van der Waals surface area (Å²) in [6, 6.07) is 24.6. The molecule has 0 N–H and O–H groups in total. The molecular formula is C23H19ClO3. The van der Waals surface area contributed by atoms with Gasteiger partial charge in [-0.3, -0.25) is 0 Å². The van der Waals surface area contributed by atoms with Crippen LogP contribution in [0.3, 0.4) is 0 Å². The Labute approximate surface area is 163 Å². The molecule has 3 rings (SSSR count). The summed E-state index contributed by atoms with van der Waals surface area (Å²) in [7, 11) is 0. The Morgan fingerprint density at radius 2 is 1.56 bits per heavy atom. The highest BCUT2D eigenvalue weighted by molar-refractivity contribution is 6.31. The van der Waals surface area contributed by atoms with Crippen LogP contribution in [0.1, 0.15) is 16.7 Å². The number of halogens is 1. The number of hydrogen-bond acceptors (Lipinski definition) is 3. The Hall–Kier alpha value is -3.04. The van der Waals surface area contributed by atoms with Crippen molar-refractivity contribution in [1.29, 1.82) is 0 Å². The molecule has 0 saturated carbocycles. The lowest BCUT2D eigenvalue weighted by Crippen LogP contribution is -2.00. The third kappa shape index (κ3) is 6.01. The lowest BCUT2D eigenvalue weighted by Gasteiger charge is -2.07. The maximum Gasteiger partial charge on any atom is 0.331 e. The second kappa shape index (κ2) is 9.60. The van der Waals surface area contributed by atoms with Gasteiger partial charge in [-0.15, -0.1) is 0 Å². The predicted octanol–water partition coefficient (Wildman–Crippen LogP) is 5.68. The van der Waals surface area contributed by atoms with Crippen LogP contribution in [-0.2, 0) is 22.7 Å². The Kier molecular flexibility index (Phi) is 6.66. The highest BCUT2D eigenvalue weighted by Gasteiger charge is 2.01. The Morgan fingerprint density at radius 1 is 0.852 bits per heavy atom. The third-order valence-corrected chi connectivity index (χ3v) is 4.24. The van der Waals surface area contributed by atoms with Crippen LogP contribution in [-0.4, -0.2) is 5.97 Å². The zero-order chi connectivity index (χ0) is 18.9. The predicted molar refractivity (Wildman–Crippen MR) is 107 cm³/mol. The van der Waals surface area contributed by atoms with Crippen LogP contribution in [0.25, 0.3) is 6.08 Å². The van der Waals surface area contributed by atoms with E-state index in [9.17, 15) is 4.79 Å². The van der Waals surface area contributed by atoms with E-state index in [1.807, 2.05) is 78.9 Å². The van der Waals surface area contributed by atoms with Gasteiger partial charge in [0.25, 0.3) is 0 Å². The maximum atomic E-state index is 11.8. The molecule has 0 aliphatic heterocycles. The summed E-state index contributed by atoms with van der Waals surface area (Å²) in [5.41, 5.74) is 2.78. The van der Waals surface area contributed by atoms with Gasteiger partial charge in [0, 0.05) is 16.7 Å². The van der Waals surface area contributed by atoms with E-state index < -0.39 is 0 Å². The van der Waals surface area contributed by atoms with Crippen molar-refractivity contribution in [1.82, 2.24) is 0 Å². The number of carbonyl (C=O) groups is 1. The average Bonchev–Trinajstić information content (AvgIpc) is 2.72. The van der Waals surface area contributed by atoms with Gasteiger partial charge in [-0.05, 0) is 35.4 Å². The zero-order valence-corrected chi connectivity index (χ0v) is 15.4. The number of hydrogen-bond donors (Lipinski definition) is 0. The molecular weight excluding hydrogens is 360 g/mol. The molecule has 0 radical (unpaired) electrons. The van der Waals surface area contributed by atoms with Gasteiger partial charge in [0.05, 0.1) is 0 Å². The molecule has 0 aliphatic rings. The summed E-state index contributed by atoms with van der Waals surface area (Å²) < 4.78 is 11.0. The number of carbonyl (C=O) groups excluding carboxylic acids is 1. The molecule has 0 aliphatic carbocycles. The summed E-state index contributed by atoms with van der Waals surface area (Å²) >= 11 is 6.12. The van der Waals surface area contributed by atoms with E-state index in [2.05, 4.69) is 0 Å². The van der Waals surface area contributed by atoms with Gasteiger partial charge in [-0.1, -0.05) is 72.3 Å². The number of esters is 1. The van der Waals surface area contributed by atoms with E-state index in [0.717, 1.165) is 22.4 Å². The minimum Gasteiger partial charge on any atom is -0.489 e. The van der Waals surface area contributed by atoms with Gasteiger partial charge in [0.15, 0.2) is 0 Å². The summed E-state index contributed by atoms with van der Waals surface area (Å²) in [5.74, 6) is 0.358. The molecule has 0 amide bonds. The number of benzene rings is 3. The first-order valence-electron chi connectivity index (χ1n) is 8.56. The van der Waals surface area contributed by atoms with Crippen LogP contribution < -0.4 is 4.74 Å². The van der Waals surface area contributed by atoms with Crippen molar-refractivity contribution < 1.29 is 14.3 Å². The lowest BCUT2D eigenvalue weighted by molar-refractivity contribution is -0.138. The zero-order valence-electron chi connectivity index (χ0n) is 14.7. The fourth-order valence-electron chi connectivity index (χ4n) is 2.39. The van der Waals surface area contributed by atoms with Crippen molar-refractivity contribution in [2.75, 3.05) is 0 Å². The first-order chi connectivity index (χ1) is 13.2. The molecule has 3 aromatic rings.